The molecule has 0 aromatic heterocycles. The van der Waals surface area contributed by atoms with E-state index in [0.29, 0.717) is 17.8 Å². The highest BCUT2D eigenvalue weighted by Crippen LogP contribution is 2.34. The van der Waals surface area contributed by atoms with Crippen LogP contribution in [0.4, 0.5) is 37.7 Å². The van der Waals surface area contributed by atoms with Gasteiger partial charge in [-0.15, -0.1) is 0 Å². The molecule has 0 aliphatic rings. The second-order valence-electron chi connectivity index (χ2n) is 8.20. The van der Waals surface area contributed by atoms with Gasteiger partial charge in [-0.05, 0) is 48.4 Å². The Bertz CT molecular complexity index is 1280. The highest BCUT2D eigenvalue weighted by atomic mass is 19.4. The molecule has 4 nitrogen and oxygen atoms in total. The molecule has 0 spiro atoms. The number of para-hydroxylation sites is 1. The largest absolute Gasteiger partial charge is 0.416 e. The molecule has 196 valence electrons. The third kappa shape index (κ3) is 7.05. The van der Waals surface area contributed by atoms with Crippen LogP contribution in [0.1, 0.15) is 41.2 Å². The summed E-state index contributed by atoms with van der Waals surface area (Å²) < 4.78 is 80.7. The standard InChI is InChI=1S/C27H26F6N4/c1-3-14-35-24-13-12-19(26(28,29)30)15-21(24)17(2)37-25(20-9-5-7-11-23(20)34)36-16-18-8-4-6-10-22(18)27(31,32)33/h4-13,15,35H,2-3,14,16,34H2,1H3,(H,36,37). The fourth-order valence-electron chi connectivity index (χ4n) is 3.60. The molecular formula is C27H26F6N4. The van der Waals surface area contributed by atoms with Gasteiger partial charge in [0.15, 0.2) is 0 Å². The topological polar surface area (TPSA) is 62.4 Å². The highest BCUT2D eigenvalue weighted by Gasteiger charge is 2.33. The molecule has 3 aromatic rings. The van der Waals surface area contributed by atoms with Crippen molar-refractivity contribution in [1.82, 2.24) is 5.32 Å². The van der Waals surface area contributed by atoms with Gasteiger partial charge in [-0.1, -0.05) is 43.8 Å². The lowest BCUT2D eigenvalue weighted by Gasteiger charge is -2.19. The number of anilines is 2. The number of benzene rings is 3. The first-order valence-corrected chi connectivity index (χ1v) is 11.4. The average Bonchev–Trinajstić information content (AvgIpc) is 2.84. The van der Waals surface area contributed by atoms with E-state index in [-0.39, 0.29) is 34.9 Å². The van der Waals surface area contributed by atoms with Crippen LogP contribution in [-0.2, 0) is 18.9 Å². The van der Waals surface area contributed by atoms with Crippen LogP contribution >= 0.6 is 0 Å². The molecule has 0 radical (unpaired) electrons. The van der Waals surface area contributed by atoms with Gasteiger partial charge in [-0.25, -0.2) is 0 Å². The van der Waals surface area contributed by atoms with Gasteiger partial charge in [0.25, 0.3) is 0 Å². The number of hydrogen-bond acceptors (Lipinski definition) is 3. The molecule has 0 heterocycles. The smallest absolute Gasteiger partial charge is 0.398 e. The highest BCUT2D eigenvalue weighted by molar-refractivity contribution is 6.07. The van der Waals surface area contributed by atoms with Gasteiger partial charge in [0, 0.05) is 34.7 Å². The van der Waals surface area contributed by atoms with E-state index in [4.69, 9.17) is 5.73 Å². The van der Waals surface area contributed by atoms with E-state index < -0.39 is 23.5 Å². The van der Waals surface area contributed by atoms with Crippen LogP contribution in [0.5, 0.6) is 0 Å². The maximum absolute atomic E-state index is 13.5. The minimum absolute atomic E-state index is 0.0656. The van der Waals surface area contributed by atoms with Crippen LogP contribution in [0, 0.1) is 0 Å². The van der Waals surface area contributed by atoms with E-state index in [0.717, 1.165) is 24.6 Å². The summed E-state index contributed by atoms with van der Waals surface area (Å²) in [6.07, 6.45) is -8.43. The number of alkyl halides is 6. The Morgan fingerprint density at radius 1 is 0.892 bits per heavy atom. The lowest BCUT2D eigenvalue weighted by atomic mass is 10.0. The molecule has 4 N–H and O–H groups in total. The lowest BCUT2D eigenvalue weighted by Crippen LogP contribution is -2.25. The molecule has 0 amide bonds. The van der Waals surface area contributed by atoms with Crippen molar-refractivity contribution in [1.29, 1.82) is 0 Å². The Kier molecular flexibility index (Phi) is 8.52. The number of amidine groups is 1. The predicted octanol–water partition coefficient (Wildman–Crippen LogP) is 7.34. The molecule has 0 fully saturated rings. The van der Waals surface area contributed by atoms with Crippen molar-refractivity contribution in [2.24, 2.45) is 4.99 Å². The van der Waals surface area contributed by atoms with Gasteiger partial charge < -0.3 is 16.4 Å². The molecule has 3 aromatic carbocycles. The summed E-state index contributed by atoms with van der Waals surface area (Å²) in [5.41, 5.74) is 5.57. The lowest BCUT2D eigenvalue weighted by molar-refractivity contribution is -0.138. The SMILES string of the molecule is C=C(NC(=NCc1ccccc1C(F)(F)F)c1ccccc1N)c1cc(C(F)(F)F)ccc1NCCC. The van der Waals surface area contributed by atoms with Crippen LogP contribution < -0.4 is 16.4 Å². The van der Waals surface area contributed by atoms with Gasteiger partial charge in [-0.2, -0.15) is 26.3 Å². The zero-order valence-corrected chi connectivity index (χ0v) is 20.0. The van der Waals surface area contributed by atoms with Crippen LogP contribution in [0.2, 0.25) is 0 Å². The Labute approximate surface area is 210 Å². The molecular weight excluding hydrogens is 494 g/mol. The molecule has 10 heteroatoms. The van der Waals surface area contributed by atoms with Crippen molar-refractivity contribution in [2.75, 3.05) is 17.6 Å². The van der Waals surface area contributed by atoms with Crippen molar-refractivity contribution in [2.45, 2.75) is 32.2 Å². The molecule has 0 unspecified atom stereocenters. The number of nitrogens with zero attached hydrogens (tertiary/aromatic N) is 1. The summed E-state index contributed by atoms with van der Waals surface area (Å²) in [4.78, 5) is 4.35. The monoisotopic (exact) mass is 520 g/mol. The number of halogens is 6. The van der Waals surface area contributed by atoms with Crippen LogP contribution in [-0.4, -0.2) is 12.4 Å². The summed E-state index contributed by atoms with van der Waals surface area (Å²) in [7, 11) is 0. The normalized spacial score (nSPS) is 12.4. The average molecular weight is 521 g/mol. The van der Waals surface area contributed by atoms with E-state index in [1.807, 2.05) is 6.92 Å². The Morgan fingerprint density at radius 2 is 1.57 bits per heavy atom. The van der Waals surface area contributed by atoms with E-state index in [1.165, 1.54) is 24.3 Å². The molecule has 3 rings (SSSR count). The second-order valence-corrected chi connectivity index (χ2v) is 8.20. The maximum Gasteiger partial charge on any atom is 0.416 e. The van der Waals surface area contributed by atoms with Gasteiger partial charge >= 0.3 is 12.4 Å². The quantitative estimate of drug-likeness (QED) is 0.126. The number of nitrogen functional groups attached to an aromatic ring is 1. The van der Waals surface area contributed by atoms with Gasteiger partial charge in [0.2, 0.25) is 0 Å². The fourth-order valence-corrected chi connectivity index (χ4v) is 3.60. The zero-order chi connectivity index (χ0) is 27.2. The zero-order valence-electron chi connectivity index (χ0n) is 20.0. The Balaban J connectivity index is 2.04. The summed E-state index contributed by atoms with van der Waals surface area (Å²) >= 11 is 0. The van der Waals surface area contributed by atoms with E-state index >= 15 is 0 Å². The summed E-state index contributed by atoms with van der Waals surface area (Å²) in [6.45, 7) is 5.96. The minimum Gasteiger partial charge on any atom is -0.398 e. The van der Waals surface area contributed by atoms with Gasteiger partial charge in [0.1, 0.15) is 5.84 Å². The van der Waals surface area contributed by atoms with E-state index in [2.05, 4.69) is 22.2 Å². The van der Waals surface area contributed by atoms with Crippen molar-refractivity contribution in [3.8, 4) is 0 Å². The number of hydrogen-bond donors (Lipinski definition) is 3. The Morgan fingerprint density at radius 3 is 2.22 bits per heavy atom. The maximum atomic E-state index is 13.5. The second kappa shape index (κ2) is 11.4. The number of nitrogens with two attached hydrogens (primary N) is 1. The first-order chi connectivity index (χ1) is 17.4. The van der Waals surface area contributed by atoms with Crippen molar-refractivity contribution in [3.63, 3.8) is 0 Å². The summed E-state index contributed by atoms with van der Waals surface area (Å²) in [6, 6.07) is 14.8. The number of rotatable bonds is 8. The summed E-state index contributed by atoms with van der Waals surface area (Å²) in [5, 5.41) is 5.97. The van der Waals surface area contributed by atoms with Crippen LogP contribution in [0.15, 0.2) is 78.3 Å². The Hall–Kier alpha value is -3.95. The predicted molar refractivity (Wildman–Crippen MR) is 135 cm³/mol. The molecule has 0 aliphatic carbocycles. The minimum atomic E-state index is -4.58. The van der Waals surface area contributed by atoms with Crippen LogP contribution in [0.3, 0.4) is 0 Å². The third-order valence-electron chi connectivity index (χ3n) is 5.45. The molecule has 0 aliphatic heterocycles. The third-order valence-corrected chi connectivity index (χ3v) is 5.45. The van der Waals surface area contributed by atoms with Gasteiger partial charge in [0.05, 0.1) is 17.7 Å². The molecule has 0 atom stereocenters. The molecule has 0 saturated heterocycles. The van der Waals surface area contributed by atoms with E-state index in [9.17, 15) is 26.3 Å². The van der Waals surface area contributed by atoms with E-state index in [1.54, 1.807) is 24.3 Å². The number of nitrogens with one attached hydrogen (secondary N) is 2. The van der Waals surface area contributed by atoms with Crippen LogP contribution in [0.25, 0.3) is 5.70 Å². The van der Waals surface area contributed by atoms with Crippen molar-refractivity contribution >= 4 is 22.9 Å². The first kappa shape index (κ1) is 27.6. The molecule has 0 bridgehead atoms. The van der Waals surface area contributed by atoms with Gasteiger partial charge in [-0.3, -0.25) is 4.99 Å². The number of aliphatic imine (C=N–C) groups is 1. The van der Waals surface area contributed by atoms with Crippen molar-refractivity contribution in [3.05, 3.63) is 101 Å². The summed E-state index contributed by atoms with van der Waals surface area (Å²) in [5.74, 6) is 0.0685. The van der Waals surface area contributed by atoms with Crippen molar-refractivity contribution < 1.29 is 26.3 Å². The molecule has 37 heavy (non-hydrogen) atoms. The first-order valence-electron chi connectivity index (χ1n) is 11.4. The molecule has 0 saturated carbocycles. The fraction of sp³-hybridized carbons (Fsp3) is 0.222.